The average molecular weight is 244 g/mol. The van der Waals surface area contributed by atoms with Gasteiger partial charge in [-0.25, -0.2) is 9.97 Å². The molecule has 0 saturated carbocycles. The van der Waals surface area contributed by atoms with E-state index in [-0.39, 0.29) is 0 Å². The van der Waals surface area contributed by atoms with Gasteiger partial charge in [0.05, 0.1) is 0 Å². The Morgan fingerprint density at radius 2 is 2.06 bits per heavy atom. The summed E-state index contributed by atoms with van der Waals surface area (Å²) in [5.41, 5.74) is 1.22. The molecule has 1 saturated heterocycles. The number of nitrogens with zero attached hydrogens (tertiary/aromatic N) is 3. The fourth-order valence-corrected chi connectivity index (χ4v) is 2.72. The van der Waals surface area contributed by atoms with Crippen molar-refractivity contribution in [3.8, 4) is 0 Å². The number of aromatic nitrogens is 2. The molecular formula is C14H20N4. The van der Waals surface area contributed by atoms with Crippen molar-refractivity contribution in [2.75, 3.05) is 31.1 Å². The lowest BCUT2D eigenvalue weighted by Crippen LogP contribution is -2.29. The molecule has 0 bridgehead atoms. The highest BCUT2D eigenvalue weighted by Crippen LogP contribution is 2.25. The first-order valence-electron chi connectivity index (χ1n) is 6.86. The third kappa shape index (κ3) is 2.53. The summed E-state index contributed by atoms with van der Waals surface area (Å²) in [4.78, 5) is 11.2. The lowest BCUT2D eigenvalue weighted by molar-refractivity contribution is 0.452. The van der Waals surface area contributed by atoms with Gasteiger partial charge in [-0.15, -0.1) is 0 Å². The summed E-state index contributed by atoms with van der Waals surface area (Å²) < 4.78 is 0. The van der Waals surface area contributed by atoms with Gasteiger partial charge in [0.25, 0.3) is 0 Å². The highest BCUT2D eigenvalue weighted by Gasteiger charge is 2.18. The van der Waals surface area contributed by atoms with Gasteiger partial charge in [0.2, 0.25) is 0 Å². The predicted molar refractivity (Wildman–Crippen MR) is 72.8 cm³/mol. The molecule has 1 fully saturated rings. The first-order chi connectivity index (χ1) is 8.93. The number of piperidine rings is 1. The molecule has 1 aromatic heterocycles. The van der Waals surface area contributed by atoms with Crippen LogP contribution in [0.25, 0.3) is 0 Å². The molecule has 1 aromatic rings. The maximum absolute atomic E-state index is 4.47. The van der Waals surface area contributed by atoms with Crippen LogP contribution < -0.4 is 10.2 Å². The van der Waals surface area contributed by atoms with Gasteiger partial charge in [-0.2, -0.15) is 0 Å². The summed E-state index contributed by atoms with van der Waals surface area (Å²) in [6, 6.07) is 2.19. The third-order valence-electron chi connectivity index (χ3n) is 3.81. The lowest BCUT2D eigenvalue weighted by Gasteiger charge is -2.26. The van der Waals surface area contributed by atoms with Crippen molar-refractivity contribution < 1.29 is 0 Å². The molecule has 2 aliphatic rings. The molecule has 0 amide bonds. The first kappa shape index (κ1) is 11.7. The maximum atomic E-state index is 4.47. The van der Waals surface area contributed by atoms with Gasteiger partial charge in [0.1, 0.15) is 12.1 Å². The Morgan fingerprint density at radius 1 is 1.17 bits per heavy atom. The van der Waals surface area contributed by atoms with E-state index in [4.69, 9.17) is 0 Å². The van der Waals surface area contributed by atoms with Crippen molar-refractivity contribution in [2.24, 2.45) is 0 Å². The standard InChI is InChI=1S/C14H20N4/c1-2-8-18(9-3-1)14-10-13(16-11-17-14)12-4-6-15-7-5-12/h1-2,10-12,15H,3-9H2. The molecule has 18 heavy (non-hydrogen) atoms. The second-order valence-electron chi connectivity index (χ2n) is 5.03. The summed E-state index contributed by atoms with van der Waals surface area (Å²) in [7, 11) is 0. The molecule has 3 rings (SSSR count). The Balaban J connectivity index is 1.77. The number of nitrogens with one attached hydrogen (secondary N) is 1. The second kappa shape index (κ2) is 5.48. The van der Waals surface area contributed by atoms with E-state index in [9.17, 15) is 0 Å². The molecule has 0 aromatic carbocycles. The van der Waals surface area contributed by atoms with Crippen LogP contribution in [0.1, 0.15) is 30.9 Å². The van der Waals surface area contributed by atoms with Gasteiger partial charge in [-0.05, 0) is 32.4 Å². The summed E-state index contributed by atoms with van der Waals surface area (Å²) in [5.74, 6) is 1.69. The average Bonchev–Trinajstić information content (AvgIpc) is 2.49. The fraction of sp³-hybridized carbons (Fsp3) is 0.571. The summed E-state index contributed by atoms with van der Waals surface area (Å²) in [6.45, 7) is 4.26. The summed E-state index contributed by atoms with van der Waals surface area (Å²) in [5, 5.41) is 3.40. The minimum Gasteiger partial charge on any atom is -0.352 e. The monoisotopic (exact) mass is 244 g/mol. The van der Waals surface area contributed by atoms with Crippen LogP contribution in [0.5, 0.6) is 0 Å². The minimum atomic E-state index is 0.605. The molecule has 0 radical (unpaired) electrons. The fourth-order valence-electron chi connectivity index (χ4n) is 2.72. The molecule has 96 valence electrons. The van der Waals surface area contributed by atoms with Crippen LogP contribution in [0.15, 0.2) is 24.5 Å². The van der Waals surface area contributed by atoms with Crippen molar-refractivity contribution in [3.63, 3.8) is 0 Å². The predicted octanol–water partition coefficient (Wildman–Crippen LogP) is 1.71. The Bertz CT molecular complexity index is 424. The number of hydrogen-bond donors (Lipinski definition) is 1. The van der Waals surface area contributed by atoms with E-state index >= 15 is 0 Å². The van der Waals surface area contributed by atoms with E-state index in [1.807, 2.05) is 0 Å². The van der Waals surface area contributed by atoms with Gasteiger partial charge in [0.15, 0.2) is 0 Å². The zero-order chi connectivity index (χ0) is 12.2. The topological polar surface area (TPSA) is 41.0 Å². The molecule has 1 N–H and O–H groups in total. The third-order valence-corrected chi connectivity index (χ3v) is 3.81. The molecule has 4 nitrogen and oxygen atoms in total. The van der Waals surface area contributed by atoms with E-state index in [1.54, 1.807) is 6.33 Å². The zero-order valence-electron chi connectivity index (χ0n) is 10.7. The van der Waals surface area contributed by atoms with Crippen LogP contribution in [0.3, 0.4) is 0 Å². The highest BCUT2D eigenvalue weighted by atomic mass is 15.2. The van der Waals surface area contributed by atoms with Crippen molar-refractivity contribution in [3.05, 3.63) is 30.2 Å². The number of anilines is 1. The van der Waals surface area contributed by atoms with Crippen molar-refractivity contribution in [2.45, 2.75) is 25.2 Å². The Labute approximate surface area is 108 Å². The van der Waals surface area contributed by atoms with Gasteiger partial charge < -0.3 is 10.2 Å². The van der Waals surface area contributed by atoms with Gasteiger partial charge in [-0.1, -0.05) is 12.2 Å². The minimum absolute atomic E-state index is 0.605. The first-order valence-corrected chi connectivity index (χ1v) is 6.86. The van der Waals surface area contributed by atoms with Crippen LogP contribution in [0, 0.1) is 0 Å². The Kier molecular flexibility index (Phi) is 3.55. The largest absolute Gasteiger partial charge is 0.352 e. The molecule has 0 unspecified atom stereocenters. The van der Waals surface area contributed by atoms with Crippen molar-refractivity contribution in [1.82, 2.24) is 15.3 Å². The Hall–Kier alpha value is -1.42. The molecule has 3 heterocycles. The van der Waals surface area contributed by atoms with Crippen molar-refractivity contribution in [1.29, 1.82) is 0 Å². The van der Waals surface area contributed by atoms with Crippen LogP contribution in [0.4, 0.5) is 5.82 Å². The van der Waals surface area contributed by atoms with E-state index in [0.29, 0.717) is 5.92 Å². The summed E-state index contributed by atoms with van der Waals surface area (Å²) >= 11 is 0. The van der Waals surface area contributed by atoms with Crippen LogP contribution in [-0.4, -0.2) is 36.1 Å². The zero-order valence-corrected chi connectivity index (χ0v) is 10.7. The van der Waals surface area contributed by atoms with E-state index < -0.39 is 0 Å². The maximum Gasteiger partial charge on any atom is 0.132 e. The van der Waals surface area contributed by atoms with Crippen LogP contribution in [0.2, 0.25) is 0 Å². The lowest BCUT2D eigenvalue weighted by atomic mass is 9.94. The SMILES string of the molecule is C1=CCN(c2cc(C3CCNCC3)ncn2)CC1. The molecule has 0 atom stereocenters. The van der Waals surface area contributed by atoms with Crippen molar-refractivity contribution >= 4 is 5.82 Å². The molecule has 2 aliphatic heterocycles. The number of hydrogen-bond acceptors (Lipinski definition) is 4. The number of rotatable bonds is 2. The molecule has 0 aliphatic carbocycles. The molecule has 4 heteroatoms. The highest BCUT2D eigenvalue weighted by molar-refractivity contribution is 5.41. The van der Waals surface area contributed by atoms with Crippen LogP contribution >= 0.6 is 0 Å². The summed E-state index contributed by atoms with van der Waals surface area (Å²) in [6.07, 6.45) is 9.69. The molecular weight excluding hydrogens is 224 g/mol. The second-order valence-corrected chi connectivity index (χ2v) is 5.03. The van der Waals surface area contributed by atoms with E-state index in [1.165, 1.54) is 18.5 Å². The van der Waals surface area contributed by atoms with E-state index in [2.05, 4.69) is 38.4 Å². The van der Waals surface area contributed by atoms with Gasteiger partial charge in [-0.3, -0.25) is 0 Å². The van der Waals surface area contributed by atoms with Gasteiger partial charge in [0, 0.05) is 30.8 Å². The Morgan fingerprint density at radius 3 is 2.83 bits per heavy atom. The van der Waals surface area contributed by atoms with E-state index in [0.717, 1.165) is 38.4 Å². The normalized spacial score (nSPS) is 21.2. The van der Waals surface area contributed by atoms with Crippen LogP contribution in [-0.2, 0) is 0 Å². The van der Waals surface area contributed by atoms with Gasteiger partial charge >= 0.3 is 0 Å². The molecule has 0 spiro atoms. The quantitative estimate of drug-likeness (QED) is 0.804. The smallest absolute Gasteiger partial charge is 0.132 e.